The van der Waals surface area contributed by atoms with Gasteiger partial charge in [-0.2, -0.15) is 5.10 Å². The van der Waals surface area contributed by atoms with Gasteiger partial charge in [0.15, 0.2) is 0 Å². The number of primary amides is 1. The summed E-state index contributed by atoms with van der Waals surface area (Å²) in [6.07, 6.45) is 5.02. The Morgan fingerprint density at radius 1 is 1.59 bits per heavy atom. The Bertz CT molecular complexity index is 527. The van der Waals surface area contributed by atoms with E-state index in [1.165, 1.54) is 6.20 Å². The molecule has 2 amide bonds. The van der Waals surface area contributed by atoms with Crippen LogP contribution in [0.5, 0.6) is 0 Å². The summed E-state index contributed by atoms with van der Waals surface area (Å²) in [6, 6.07) is 0.981. The molecule has 0 spiro atoms. The number of nitrogens with one attached hydrogen (secondary N) is 1. The normalized spacial score (nSPS) is 20.1. The van der Waals surface area contributed by atoms with Gasteiger partial charge in [0.1, 0.15) is 5.71 Å². The fourth-order valence-corrected chi connectivity index (χ4v) is 1.83. The van der Waals surface area contributed by atoms with Crippen LogP contribution in [0.15, 0.2) is 23.4 Å². The number of fused-ring (bicyclic) bond motifs is 1. The molecule has 0 saturated heterocycles. The molecule has 17 heavy (non-hydrogen) atoms. The lowest BCUT2D eigenvalue weighted by atomic mass is 10.0. The molecule has 0 saturated carbocycles. The third kappa shape index (κ3) is 2.57. The molecule has 1 aromatic heterocycles. The second-order valence-electron chi connectivity index (χ2n) is 3.33. The lowest BCUT2D eigenvalue weighted by Crippen LogP contribution is -2.29. The maximum absolute atomic E-state index is 10.6. The van der Waals surface area contributed by atoms with E-state index in [1.807, 2.05) is 0 Å². The summed E-state index contributed by atoms with van der Waals surface area (Å²) in [4.78, 5) is 14.8. The van der Waals surface area contributed by atoms with Crippen LogP contribution in [0, 0.1) is 0 Å². The molecule has 1 aliphatic carbocycles. The van der Waals surface area contributed by atoms with Gasteiger partial charge in [0.2, 0.25) is 0 Å². The van der Waals surface area contributed by atoms with Crippen LogP contribution < -0.4 is 11.2 Å². The van der Waals surface area contributed by atoms with Crippen LogP contribution in [0.4, 0.5) is 4.79 Å². The molecule has 7 heteroatoms. The van der Waals surface area contributed by atoms with Gasteiger partial charge >= 0.3 is 6.03 Å². The van der Waals surface area contributed by atoms with Crippen molar-refractivity contribution in [2.24, 2.45) is 10.8 Å². The molecule has 1 aromatic rings. The van der Waals surface area contributed by atoms with E-state index in [-0.39, 0.29) is 0 Å². The van der Waals surface area contributed by atoms with Gasteiger partial charge in [-0.05, 0) is 6.07 Å². The van der Waals surface area contributed by atoms with E-state index in [0.29, 0.717) is 16.4 Å². The molecule has 1 aliphatic rings. The minimum Gasteiger partial charge on any atom is -0.350 e. The molecule has 2 rings (SSSR count). The Balaban J connectivity index is 2.44. The van der Waals surface area contributed by atoms with Gasteiger partial charge in [-0.25, -0.2) is 10.2 Å². The summed E-state index contributed by atoms with van der Waals surface area (Å²) in [5.74, 6) is 0. The van der Waals surface area contributed by atoms with Gasteiger partial charge in [0, 0.05) is 11.8 Å². The largest absolute Gasteiger partial charge is 0.350 e. The van der Waals surface area contributed by atoms with Crippen LogP contribution in [0.1, 0.15) is 11.3 Å². The average Bonchev–Trinajstić information content (AvgIpc) is 2.27. The molecule has 1 unspecified atom stereocenters. The molecule has 1 heterocycles. The van der Waals surface area contributed by atoms with Crippen LogP contribution in [-0.2, 0) is 0 Å². The van der Waals surface area contributed by atoms with Gasteiger partial charge in [0.05, 0.1) is 16.1 Å². The summed E-state index contributed by atoms with van der Waals surface area (Å²) < 4.78 is 0. The Hall–Kier alpha value is -1.59. The number of hydrogen-bond donors (Lipinski definition) is 2. The summed E-state index contributed by atoms with van der Waals surface area (Å²) >= 11 is 11.9. The average molecular weight is 271 g/mol. The van der Waals surface area contributed by atoms with E-state index >= 15 is 0 Å². The number of pyridine rings is 1. The topological polar surface area (TPSA) is 80.4 Å². The maximum atomic E-state index is 10.6. The van der Waals surface area contributed by atoms with Gasteiger partial charge in [0.25, 0.3) is 0 Å². The van der Waals surface area contributed by atoms with E-state index in [0.717, 1.165) is 5.56 Å². The van der Waals surface area contributed by atoms with Crippen LogP contribution in [0.2, 0.25) is 5.02 Å². The molecule has 88 valence electrons. The summed E-state index contributed by atoms with van der Waals surface area (Å²) in [7, 11) is 0. The smallest absolute Gasteiger partial charge is 0.332 e. The molecule has 3 N–H and O–H groups in total. The zero-order valence-corrected chi connectivity index (χ0v) is 10.0. The number of nitrogens with zero attached hydrogens (tertiary/aromatic N) is 2. The third-order valence-corrected chi connectivity index (χ3v) is 2.68. The zero-order chi connectivity index (χ0) is 12.4. The molecule has 0 aliphatic heterocycles. The molecule has 0 fully saturated rings. The second kappa shape index (κ2) is 4.73. The van der Waals surface area contributed by atoms with Crippen molar-refractivity contribution >= 4 is 41.0 Å². The SMILES string of the molecule is NC(=O)NN=C1c2ncc(Cl)cc2C=CC1Cl. The highest BCUT2D eigenvalue weighted by Gasteiger charge is 2.21. The van der Waals surface area contributed by atoms with Gasteiger partial charge < -0.3 is 5.73 Å². The first kappa shape index (κ1) is 11.9. The van der Waals surface area contributed by atoms with E-state index in [9.17, 15) is 4.79 Å². The van der Waals surface area contributed by atoms with Crippen molar-refractivity contribution in [2.75, 3.05) is 0 Å². The lowest BCUT2D eigenvalue weighted by molar-refractivity contribution is 0.249. The Kier molecular flexibility index (Phi) is 3.31. The van der Waals surface area contributed by atoms with Crippen molar-refractivity contribution in [3.05, 3.63) is 34.6 Å². The van der Waals surface area contributed by atoms with E-state index in [2.05, 4.69) is 15.5 Å². The van der Waals surface area contributed by atoms with E-state index < -0.39 is 11.4 Å². The summed E-state index contributed by atoms with van der Waals surface area (Å²) in [5.41, 5.74) is 8.87. The van der Waals surface area contributed by atoms with Crippen LogP contribution in [0.25, 0.3) is 6.08 Å². The number of hydrogen-bond acceptors (Lipinski definition) is 3. The Morgan fingerprint density at radius 3 is 3.06 bits per heavy atom. The number of alkyl halides is 1. The minimum absolute atomic E-state index is 0.430. The number of amides is 2. The first-order chi connectivity index (χ1) is 8.08. The van der Waals surface area contributed by atoms with Crippen molar-refractivity contribution in [1.29, 1.82) is 0 Å². The number of urea groups is 1. The summed E-state index contributed by atoms with van der Waals surface area (Å²) in [6.45, 7) is 0. The monoisotopic (exact) mass is 270 g/mol. The van der Waals surface area contributed by atoms with Crippen LogP contribution in [-0.4, -0.2) is 22.1 Å². The van der Waals surface area contributed by atoms with Gasteiger partial charge in [-0.15, -0.1) is 11.6 Å². The predicted molar refractivity (Wildman–Crippen MR) is 67.2 cm³/mol. The van der Waals surface area contributed by atoms with Gasteiger partial charge in [-0.1, -0.05) is 23.8 Å². The Morgan fingerprint density at radius 2 is 2.35 bits per heavy atom. The zero-order valence-electron chi connectivity index (χ0n) is 8.52. The van der Waals surface area contributed by atoms with Crippen molar-refractivity contribution in [3.63, 3.8) is 0 Å². The molecule has 0 aromatic carbocycles. The number of hydrazone groups is 1. The van der Waals surface area contributed by atoms with Crippen molar-refractivity contribution < 1.29 is 4.79 Å². The number of allylic oxidation sites excluding steroid dienone is 1. The van der Waals surface area contributed by atoms with E-state index in [4.69, 9.17) is 28.9 Å². The standard InChI is InChI=1S/C10H8Cl2N4O/c11-6-3-5-1-2-7(12)9(8(5)14-4-6)15-16-10(13)17/h1-4,7H,(H3,13,16,17). The fraction of sp³-hybridized carbons (Fsp3) is 0.100. The predicted octanol–water partition coefficient (Wildman–Crippen LogP) is 1.74. The minimum atomic E-state index is -0.758. The number of carbonyl (C=O) groups is 1. The van der Waals surface area contributed by atoms with Crippen molar-refractivity contribution in [1.82, 2.24) is 10.4 Å². The first-order valence-electron chi connectivity index (χ1n) is 4.69. The van der Waals surface area contributed by atoms with E-state index in [1.54, 1.807) is 18.2 Å². The highest BCUT2D eigenvalue weighted by Crippen LogP contribution is 2.23. The number of halogens is 2. The highest BCUT2D eigenvalue weighted by molar-refractivity contribution is 6.38. The second-order valence-corrected chi connectivity index (χ2v) is 4.23. The highest BCUT2D eigenvalue weighted by atomic mass is 35.5. The van der Waals surface area contributed by atoms with Crippen LogP contribution in [0.3, 0.4) is 0 Å². The lowest BCUT2D eigenvalue weighted by Gasteiger charge is -2.16. The molecular weight excluding hydrogens is 263 g/mol. The molecule has 0 bridgehead atoms. The third-order valence-electron chi connectivity index (χ3n) is 2.12. The van der Waals surface area contributed by atoms with Crippen molar-refractivity contribution in [3.8, 4) is 0 Å². The number of rotatable bonds is 1. The molecular formula is C10H8Cl2N4O. The quantitative estimate of drug-likeness (QED) is 0.602. The number of aromatic nitrogens is 1. The fourth-order valence-electron chi connectivity index (χ4n) is 1.44. The maximum Gasteiger partial charge on any atom is 0.332 e. The number of nitrogens with two attached hydrogens (primary N) is 1. The molecule has 0 radical (unpaired) electrons. The van der Waals surface area contributed by atoms with Crippen molar-refractivity contribution in [2.45, 2.75) is 5.38 Å². The molecule has 5 nitrogen and oxygen atoms in total. The first-order valence-corrected chi connectivity index (χ1v) is 5.50. The molecule has 1 atom stereocenters. The summed E-state index contributed by atoms with van der Waals surface area (Å²) in [5, 5.41) is 3.89. The Labute approximate surface area is 107 Å². The number of carbonyl (C=O) groups excluding carboxylic acids is 1. The van der Waals surface area contributed by atoms with Gasteiger partial charge in [-0.3, -0.25) is 4.98 Å². The van der Waals surface area contributed by atoms with Crippen LogP contribution >= 0.6 is 23.2 Å².